The number of thioether (sulfide) groups is 1. The number of hydrogen-bond donors (Lipinski definition) is 4. The second-order valence-corrected chi connectivity index (χ2v) is 5.47. The summed E-state index contributed by atoms with van der Waals surface area (Å²) in [4.78, 5) is 16.3. The molecule has 6 nitrogen and oxygen atoms in total. The van der Waals surface area contributed by atoms with Crippen LogP contribution in [0.1, 0.15) is 17.3 Å². The van der Waals surface area contributed by atoms with Crippen LogP contribution in [0.15, 0.2) is 29.3 Å². The molecular weight excluding hydrogens is 300 g/mol. The van der Waals surface area contributed by atoms with Gasteiger partial charge in [-0.15, -0.1) is 0 Å². The lowest BCUT2D eigenvalue weighted by Gasteiger charge is -2.11. The monoisotopic (exact) mass is 324 g/mol. The lowest BCUT2D eigenvalue weighted by molar-refractivity contribution is 0.0954. The van der Waals surface area contributed by atoms with Gasteiger partial charge in [0.05, 0.1) is 6.54 Å². The average molecular weight is 324 g/mol. The Hall–Kier alpha value is -1.89. The fourth-order valence-corrected chi connectivity index (χ4v) is 1.94. The average Bonchev–Trinajstić information content (AvgIpc) is 2.52. The molecule has 22 heavy (non-hydrogen) atoms. The van der Waals surface area contributed by atoms with Crippen LogP contribution in [0.3, 0.4) is 0 Å². The highest BCUT2D eigenvalue weighted by molar-refractivity contribution is 7.98. The number of nitrogens with one attached hydrogen (secondary N) is 3. The molecule has 122 valence electrons. The van der Waals surface area contributed by atoms with Gasteiger partial charge < -0.3 is 21.1 Å². The third kappa shape index (κ3) is 7.21. The number of phenols is 1. The number of phenolic OH excluding ortho intramolecular Hbond substituents is 1. The summed E-state index contributed by atoms with van der Waals surface area (Å²) in [5.74, 6) is 1.73. The van der Waals surface area contributed by atoms with Gasteiger partial charge in [0.1, 0.15) is 5.75 Å². The quantitative estimate of drug-likeness (QED) is 0.326. The van der Waals surface area contributed by atoms with Crippen LogP contribution in [0.25, 0.3) is 0 Å². The number of hydrogen-bond acceptors (Lipinski definition) is 4. The van der Waals surface area contributed by atoms with E-state index in [1.807, 2.05) is 6.92 Å². The molecule has 4 N–H and O–H groups in total. The van der Waals surface area contributed by atoms with Crippen LogP contribution >= 0.6 is 11.8 Å². The lowest BCUT2D eigenvalue weighted by Crippen LogP contribution is -2.41. The maximum atomic E-state index is 11.9. The topological polar surface area (TPSA) is 85.8 Å². The minimum Gasteiger partial charge on any atom is -0.508 e. The van der Waals surface area contributed by atoms with Gasteiger partial charge in [0, 0.05) is 31.0 Å². The Balaban J connectivity index is 2.31. The summed E-state index contributed by atoms with van der Waals surface area (Å²) in [6.45, 7) is 4.65. The number of amides is 1. The molecule has 0 unspecified atom stereocenters. The standard InChI is InChI=1S/C15H24N4O2S/c1-3-16-15(19-10-11-22-2)18-9-8-17-14(21)12-4-6-13(20)7-5-12/h4-7,20H,3,8-11H2,1-2H3,(H,17,21)(H2,16,18,19). The largest absolute Gasteiger partial charge is 0.508 e. The molecule has 0 aliphatic heterocycles. The molecule has 0 heterocycles. The summed E-state index contributed by atoms with van der Waals surface area (Å²) in [6, 6.07) is 6.17. The number of rotatable bonds is 8. The lowest BCUT2D eigenvalue weighted by atomic mass is 10.2. The zero-order valence-electron chi connectivity index (χ0n) is 13.1. The van der Waals surface area contributed by atoms with Gasteiger partial charge in [0.25, 0.3) is 5.91 Å². The van der Waals surface area contributed by atoms with Crippen LogP contribution in [-0.4, -0.2) is 55.2 Å². The highest BCUT2D eigenvalue weighted by Crippen LogP contribution is 2.09. The van der Waals surface area contributed by atoms with E-state index in [9.17, 15) is 9.90 Å². The Kier molecular flexibility index (Phi) is 8.90. The second-order valence-electron chi connectivity index (χ2n) is 4.48. The number of guanidine groups is 1. The van der Waals surface area contributed by atoms with Crippen molar-refractivity contribution in [2.24, 2.45) is 4.99 Å². The summed E-state index contributed by atoms with van der Waals surface area (Å²) in [5.41, 5.74) is 0.526. The van der Waals surface area contributed by atoms with Crippen LogP contribution in [-0.2, 0) is 0 Å². The fourth-order valence-electron chi connectivity index (χ4n) is 1.66. The predicted molar refractivity (Wildman–Crippen MR) is 92.8 cm³/mol. The first kappa shape index (κ1) is 18.2. The summed E-state index contributed by atoms with van der Waals surface area (Å²) in [7, 11) is 0. The molecule has 1 aromatic rings. The van der Waals surface area contributed by atoms with Crippen LogP contribution in [0, 0.1) is 0 Å². The Bertz CT molecular complexity index is 477. The smallest absolute Gasteiger partial charge is 0.251 e. The molecule has 1 rings (SSSR count). The van der Waals surface area contributed by atoms with E-state index in [2.05, 4.69) is 27.2 Å². The van der Waals surface area contributed by atoms with Crippen molar-refractivity contribution >= 4 is 23.6 Å². The van der Waals surface area contributed by atoms with Crippen molar-refractivity contribution in [3.05, 3.63) is 29.8 Å². The Labute approximate surface area is 135 Å². The van der Waals surface area contributed by atoms with Gasteiger partial charge in [-0.25, -0.2) is 0 Å². The molecule has 0 fully saturated rings. The molecule has 0 bridgehead atoms. The molecule has 0 atom stereocenters. The Morgan fingerprint density at radius 3 is 2.50 bits per heavy atom. The first-order valence-corrected chi connectivity index (χ1v) is 8.65. The van der Waals surface area contributed by atoms with Crippen molar-refractivity contribution in [2.45, 2.75) is 6.92 Å². The Morgan fingerprint density at radius 2 is 1.86 bits per heavy atom. The first-order valence-electron chi connectivity index (χ1n) is 7.25. The molecule has 7 heteroatoms. The van der Waals surface area contributed by atoms with Gasteiger partial charge in [0.15, 0.2) is 5.96 Å². The molecular formula is C15H24N4O2S. The van der Waals surface area contributed by atoms with Crippen LogP contribution < -0.4 is 16.0 Å². The fraction of sp³-hybridized carbons (Fsp3) is 0.467. The van der Waals surface area contributed by atoms with Crippen molar-refractivity contribution in [1.29, 1.82) is 0 Å². The molecule has 0 radical (unpaired) electrons. The van der Waals surface area contributed by atoms with Crippen molar-refractivity contribution in [1.82, 2.24) is 16.0 Å². The van der Waals surface area contributed by atoms with Crippen molar-refractivity contribution in [3.63, 3.8) is 0 Å². The minimum absolute atomic E-state index is 0.148. The van der Waals surface area contributed by atoms with E-state index in [1.165, 1.54) is 12.1 Å². The molecule has 1 aromatic carbocycles. The highest BCUT2D eigenvalue weighted by atomic mass is 32.2. The molecule has 0 spiro atoms. The van der Waals surface area contributed by atoms with E-state index in [0.717, 1.165) is 24.8 Å². The summed E-state index contributed by atoms with van der Waals surface area (Å²) in [5, 5.41) is 18.3. The Morgan fingerprint density at radius 1 is 1.18 bits per heavy atom. The molecule has 0 saturated carbocycles. The first-order chi connectivity index (χ1) is 10.7. The zero-order valence-corrected chi connectivity index (χ0v) is 13.9. The number of benzene rings is 1. The third-order valence-electron chi connectivity index (χ3n) is 2.74. The molecule has 0 aliphatic carbocycles. The SMILES string of the molecule is CCNC(=NCCSC)NCCNC(=O)c1ccc(O)cc1. The summed E-state index contributed by atoms with van der Waals surface area (Å²) >= 11 is 1.76. The maximum absolute atomic E-state index is 11.9. The van der Waals surface area contributed by atoms with Gasteiger partial charge in [-0.1, -0.05) is 0 Å². The molecule has 0 aromatic heterocycles. The van der Waals surface area contributed by atoms with E-state index < -0.39 is 0 Å². The second kappa shape index (κ2) is 10.8. The molecule has 0 aliphatic rings. The van der Waals surface area contributed by atoms with Crippen molar-refractivity contribution in [3.8, 4) is 5.75 Å². The van der Waals surface area contributed by atoms with Gasteiger partial charge in [-0.3, -0.25) is 9.79 Å². The van der Waals surface area contributed by atoms with Gasteiger partial charge in [-0.05, 0) is 37.4 Å². The molecule has 0 saturated heterocycles. The van der Waals surface area contributed by atoms with Gasteiger partial charge in [0.2, 0.25) is 0 Å². The predicted octanol–water partition coefficient (Wildman–Crippen LogP) is 1.04. The van der Waals surface area contributed by atoms with Gasteiger partial charge >= 0.3 is 0 Å². The maximum Gasteiger partial charge on any atom is 0.251 e. The normalized spacial score (nSPS) is 11.1. The van der Waals surface area contributed by atoms with Crippen LogP contribution in [0.4, 0.5) is 0 Å². The van der Waals surface area contributed by atoms with E-state index in [-0.39, 0.29) is 11.7 Å². The number of carbonyl (C=O) groups is 1. The number of aliphatic imine (C=N–C) groups is 1. The van der Waals surface area contributed by atoms with Crippen molar-refractivity contribution in [2.75, 3.05) is 38.2 Å². The third-order valence-corrected chi connectivity index (χ3v) is 3.33. The zero-order chi connectivity index (χ0) is 16.2. The number of nitrogens with zero attached hydrogens (tertiary/aromatic N) is 1. The number of aromatic hydroxyl groups is 1. The highest BCUT2D eigenvalue weighted by Gasteiger charge is 2.04. The van der Waals surface area contributed by atoms with E-state index in [4.69, 9.17) is 0 Å². The molecule has 1 amide bonds. The summed E-state index contributed by atoms with van der Waals surface area (Å²) in [6.07, 6.45) is 2.05. The van der Waals surface area contributed by atoms with Crippen LogP contribution in [0.2, 0.25) is 0 Å². The van der Waals surface area contributed by atoms with Crippen LogP contribution in [0.5, 0.6) is 5.75 Å². The summed E-state index contributed by atoms with van der Waals surface area (Å²) < 4.78 is 0. The number of carbonyl (C=O) groups excluding carboxylic acids is 1. The van der Waals surface area contributed by atoms with Gasteiger partial charge in [-0.2, -0.15) is 11.8 Å². The van der Waals surface area contributed by atoms with E-state index >= 15 is 0 Å². The minimum atomic E-state index is -0.161. The van der Waals surface area contributed by atoms with Crippen molar-refractivity contribution < 1.29 is 9.90 Å². The van der Waals surface area contributed by atoms with E-state index in [0.29, 0.717) is 18.7 Å². The van der Waals surface area contributed by atoms with E-state index in [1.54, 1.807) is 23.9 Å².